The Bertz CT molecular complexity index is 1520. The summed E-state index contributed by atoms with van der Waals surface area (Å²) >= 11 is 0. The Labute approximate surface area is 194 Å². The van der Waals surface area contributed by atoms with E-state index in [1.54, 1.807) is 46.5 Å². The molecule has 0 fully saturated rings. The highest BCUT2D eigenvalue weighted by atomic mass is 31.0. The lowest BCUT2D eigenvalue weighted by molar-refractivity contribution is 0.0646. The minimum atomic E-state index is -0.644. The quantitative estimate of drug-likeness (QED) is 0.393. The number of rotatable bonds is 4. The van der Waals surface area contributed by atoms with E-state index in [1.165, 1.54) is 10.6 Å². The zero-order valence-corrected chi connectivity index (χ0v) is 19.1. The summed E-state index contributed by atoms with van der Waals surface area (Å²) in [6, 6.07) is 5.66. The van der Waals surface area contributed by atoms with Crippen LogP contribution < -0.4 is 0 Å². The number of H-pyrrole nitrogens is 1. The maximum atomic E-state index is 14.3. The monoisotopic (exact) mass is 479 g/mol. The van der Waals surface area contributed by atoms with Crippen molar-refractivity contribution in [3.63, 3.8) is 0 Å². The number of aromatic nitrogens is 8. The zero-order valence-electron chi connectivity index (χ0n) is 18.0. The van der Waals surface area contributed by atoms with Crippen LogP contribution in [0.5, 0.6) is 0 Å². The molecule has 13 heteroatoms. The molecule has 11 nitrogen and oxygen atoms in total. The third-order valence-electron chi connectivity index (χ3n) is 5.79. The molecule has 5 aromatic heterocycles. The summed E-state index contributed by atoms with van der Waals surface area (Å²) in [6.07, 6.45) is 5.59. The highest BCUT2D eigenvalue weighted by molar-refractivity contribution is 7.16. The number of imidazole rings is 1. The second kappa shape index (κ2) is 7.84. The van der Waals surface area contributed by atoms with Crippen molar-refractivity contribution in [1.82, 2.24) is 44.5 Å². The van der Waals surface area contributed by atoms with Gasteiger partial charge in [-0.2, -0.15) is 10.2 Å². The minimum absolute atomic E-state index is 0.0881. The highest BCUT2D eigenvalue weighted by Gasteiger charge is 2.38. The van der Waals surface area contributed by atoms with Crippen molar-refractivity contribution in [2.45, 2.75) is 25.2 Å². The van der Waals surface area contributed by atoms with Gasteiger partial charge in [-0.05, 0) is 31.2 Å². The van der Waals surface area contributed by atoms with Crippen LogP contribution >= 0.6 is 9.24 Å². The Balaban J connectivity index is 1.37. The fourth-order valence-corrected chi connectivity index (χ4v) is 4.31. The Morgan fingerprint density at radius 2 is 2.18 bits per heavy atom. The molecule has 1 amide bonds. The highest BCUT2D eigenvalue weighted by Crippen LogP contribution is 2.34. The summed E-state index contributed by atoms with van der Waals surface area (Å²) in [6.45, 7) is 2.33. The van der Waals surface area contributed by atoms with Crippen LogP contribution in [0, 0.1) is 5.82 Å². The largest absolute Gasteiger partial charge is 0.411 e. The predicted molar refractivity (Wildman–Crippen MR) is 120 cm³/mol. The van der Waals surface area contributed by atoms with Crippen molar-refractivity contribution < 1.29 is 13.6 Å². The van der Waals surface area contributed by atoms with Crippen LogP contribution in [0.1, 0.15) is 46.5 Å². The van der Waals surface area contributed by atoms with Crippen molar-refractivity contribution in [2.75, 3.05) is 6.54 Å². The van der Waals surface area contributed by atoms with Gasteiger partial charge in [0.2, 0.25) is 0 Å². The summed E-state index contributed by atoms with van der Waals surface area (Å²) in [7, 11) is 2.64. The number of aromatic amines is 1. The van der Waals surface area contributed by atoms with E-state index in [-0.39, 0.29) is 17.6 Å². The van der Waals surface area contributed by atoms with Crippen LogP contribution in [0.3, 0.4) is 0 Å². The Morgan fingerprint density at radius 3 is 2.97 bits per heavy atom. The van der Waals surface area contributed by atoms with Gasteiger partial charge in [0.25, 0.3) is 5.89 Å². The van der Waals surface area contributed by atoms with Gasteiger partial charge >= 0.3 is 11.8 Å². The minimum Gasteiger partial charge on any atom is -0.411 e. The number of fused-ring (bicyclic) bond motifs is 2. The third kappa shape index (κ3) is 3.29. The lowest BCUT2D eigenvalue weighted by Crippen LogP contribution is -2.41. The molecule has 0 saturated heterocycles. The molecular formula is C21H19FN9O2P. The molecule has 0 saturated carbocycles. The van der Waals surface area contributed by atoms with Gasteiger partial charge < -0.3 is 14.3 Å². The molecule has 0 radical (unpaired) electrons. The number of hydrogen-bond donors (Lipinski definition) is 1. The normalized spacial score (nSPS) is 16.7. The molecule has 1 aliphatic heterocycles. The molecule has 3 atom stereocenters. The Morgan fingerprint density at radius 1 is 1.29 bits per heavy atom. The first-order chi connectivity index (χ1) is 16.5. The number of amides is 1. The maximum Gasteiger partial charge on any atom is 0.312 e. The molecular weight excluding hydrogens is 460 g/mol. The average Bonchev–Trinajstić information content (AvgIpc) is 3.62. The van der Waals surface area contributed by atoms with Crippen molar-refractivity contribution in [3.8, 4) is 11.6 Å². The molecule has 6 rings (SSSR count). The summed E-state index contributed by atoms with van der Waals surface area (Å²) in [5.74, 6) is -0.795. The van der Waals surface area contributed by atoms with Crippen LogP contribution in [-0.4, -0.2) is 56.9 Å². The van der Waals surface area contributed by atoms with E-state index < -0.39 is 17.8 Å². The maximum absolute atomic E-state index is 14.3. The van der Waals surface area contributed by atoms with E-state index in [2.05, 4.69) is 39.6 Å². The summed E-state index contributed by atoms with van der Waals surface area (Å²) in [4.78, 5) is 22.6. The standard InChI is InChI=1S/C21H19FN9O2P/c1-11(34)30-8-5-14(27-30)19-25-26-20(33-19)21(32)29-7-4-13-17(24-10-23-13)18(29)15-9-16-12(22)3-2-6-31(16)28-15/h2-3,5-6,8-11,18H,4,7,34H2,1H3,(H,23,24)/t11?,18-/m1/s1. The van der Waals surface area contributed by atoms with Gasteiger partial charge in [-0.15, -0.1) is 19.4 Å². The van der Waals surface area contributed by atoms with Crippen LogP contribution in [-0.2, 0) is 6.42 Å². The molecule has 1 aliphatic rings. The van der Waals surface area contributed by atoms with Gasteiger partial charge in [0, 0.05) is 31.1 Å². The number of nitrogens with zero attached hydrogens (tertiary/aromatic N) is 8. The van der Waals surface area contributed by atoms with Crippen LogP contribution in [0.25, 0.3) is 17.1 Å². The van der Waals surface area contributed by atoms with Crippen LogP contribution in [0.4, 0.5) is 4.39 Å². The van der Waals surface area contributed by atoms with Gasteiger partial charge in [0.05, 0.1) is 23.5 Å². The van der Waals surface area contributed by atoms with Crippen molar-refractivity contribution in [1.29, 1.82) is 0 Å². The van der Waals surface area contributed by atoms with Crippen molar-refractivity contribution >= 4 is 20.7 Å². The van der Waals surface area contributed by atoms with Gasteiger partial charge in [0.1, 0.15) is 23.1 Å². The number of carbonyl (C=O) groups is 1. The molecule has 0 bridgehead atoms. The number of pyridine rings is 1. The van der Waals surface area contributed by atoms with Crippen molar-refractivity contribution in [3.05, 3.63) is 71.8 Å². The topological polar surface area (TPSA) is 123 Å². The summed E-state index contributed by atoms with van der Waals surface area (Å²) in [5, 5.41) is 16.9. The van der Waals surface area contributed by atoms with E-state index >= 15 is 0 Å². The molecule has 6 heterocycles. The molecule has 1 N–H and O–H groups in total. The molecule has 172 valence electrons. The van der Waals surface area contributed by atoms with E-state index in [1.807, 2.05) is 6.92 Å². The van der Waals surface area contributed by atoms with E-state index in [4.69, 9.17) is 4.42 Å². The third-order valence-corrected chi connectivity index (χ3v) is 6.09. The van der Waals surface area contributed by atoms with Gasteiger partial charge in [-0.25, -0.2) is 13.9 Å². The number of hydrogen-bond acceptors (Lipinski definition) is 7. The SMILES string of the molecule is CC(P)n1ccc(-c2nnc(C(=O)N3CCc4[nH]cnc4[C@H]3c3cc4c(F)cccn4n3)o2)n1. The first-order valence-electron chi connectivity index (χ1n) is 10.6. The molecule has 0 aliphatic carbocycles. The second-order valence-electron chi connectivity index (χ2n) is 8.01. The average molecular weight is 479 g/mol. The number of halogens is 1. The first kappa shape index (κ1) is 20.7. The van der Waals surface area contributed by atoms with E-state index in [9.17, 15) is 9.18 Å². The lowest BCUT2D eigenvalue weighted by atomic mass is 9.99. The lowest BCUT2D eigenvalue weighted by Gasteiger charge is -2.32. The number of carbonyl (C=O) groups excluding carboxylic acids is 1. The summed E-state index contributed by atoms with van der Waals surface area (Å²) < 4.78 is 23.2. The second-order valence-corrected chi connectivity index (χ2v) is 8.97. The fraction of sp³-hybridized carbons (Fsp3) is 0.238. The van der Waals surface area contributed by atoms with E-state index in [0.717, 1.165) is 5.69 Å². The van der Waals surface area contributed by atoms with Gasteiger partial charge in [-0.1, -0.05) is 0 Å². The molecule has 2 unspecified atom stereocenters. The predicted octanol–water partition coefficient (Wildman–Crippen LogP) is 2.62. The smallest absolute Gasteiger partial charge is 0.312 e. The van der Waals surface area contributed by atoms with Gasteiger partial charge in [0.15, 0.2) is 0 Å². The van der Waals surface area contributed by atoms with Gasteiger partial charge in [-0.3, -0.25) is 9.48 Å². The summed E-state index contributed by atoms with van der Waals surface area (Å²) in [5.41, 5.74) is 2.82. The molecule has 34 heavy (non-hydrogen) atoms. The number of nitrogens with one attached hydrogen (secondary N) is 1. The van der Waals surface area contributed by atoms with Crippen molar-refractivity contribution in [2.24, 2.45) is 0 Å². The first-order valence-corrected chi connectivity index (χ1v) is 11.3. The van der Waals surface area contributed by atoms with Crippen LogP contribution in [0.15, 0.2) is 47.4 Å². The zero-order chi connectivity index (χ0) is 23.4. The van der Waals surface area contributed by atoms with E-state index in [0.29, 0.717) is 35.6 Å². The van der Waals surface area contributed by atoms with Crippen LogP contribution in [0.2, 0.25) is 0 Å². The Kier molecular flexibility index (Phi) is 4.77. The molecule has 0 spiro atoms. The molecule has 0 aromatic carbocycles. The Hall–Kier alpha value is -3.92. The molecule has 5 aromatic rings. The fourth-order valence-electron chi connectivity index (χ4n) is 4.14.